The van der Waals surface area contributed by atoms with Crippen LogP contribution in [0.5, 0.6) is 5.75 Å². The molecule has 1 aromatic carbocycles. The van der Waals surface area contributed by atoms with Crippen molar-refractivity contribution in [3.05, 3.63) is 40.6 Å². The molecule has 0 radical (unpaired) electrons. The molecule has 0 saturated carbocycles. The Balaban J connectivity index is 2.05. The van der Waals surface area contributed by atoms with E-state index in [4.69, 9.17) is 4.74 Å². The topological polar surface area (TPSA) is 76.4 Å². The van der Waals surface area contributed by atoms with E-state index in [1.807, 2.05) is 0 Å². The van der Waals surface area contributed by atoms with Crippen LogP contribution in [0.3, 0.4) is 0 Å². The number of rotatable bonds is 5. The second-order valence-electron chi connectivity index (χ2n) is 4.10. The monoisotopic (exact) mass is 339 g/mol. The van der Waals surface area contributed by atoms with Crippen molar-refractivity contribution in [3.63, 3.8) is 0 Å². The van der Waals surface area contributed by atoms with Crippen molar-refractivity contribution < 1.29 is 14.6 Å². The van der Waals surface area contributed by atoms with E-state index in [-0.39, 0.29) is 17.2 Å². The van der Waals surface area contributed by atoms with E-state index >= 15 is 0 Å². The zero-order valence-electron chi connectivity index (χ0n) is 10.8. The van der Waals surface area contributed by atoms with Crippen molar-refractivity contribution in [3.8, 4) is 5.75 Å². The number of aromatic nitrogens is 2. The van der Waals surface area contributed by atoms with Gasteiger partial charge in [0, 0.05) is 17.8 Å². The van der Waals surface area contributed by atoms with Crippen molar-refractivity contribution >= 4 is 27.5 Å². The minimum absolute atomic E-state index is 0.0800. The molecule has 0 saturated heterocycles. The Bertz CT molecular complexity index is 613. The van der Waals surface area contributed by atoms with Gasteiger partial charge in [0.15, 0.2) is 0 Å². The van der Waals surface area contributed by atoms with Gasteiger partial charge in [0.25, 0.3) is 5.91 Å². The molecule has 0 fully saturated rings. The molecule has 106 valence electrons. The molecule has 0 bridgehead atoms. The first-order valence-electron chi connectivity index (χ1n) is 5.91. The molecule has 2 N–H and O–H groups in total. The Morgan fingerprint density at radius 2 is 2.35 bits per heavy atom. The van der Waals surface area contributed by atoms with Gasteiger partial charge < -0.3 is 15.2 Å². The number of benzene rings is 1. The zero-order chi connectivity index (χ0) is 14.5. The van der Waals surface area contributed by atoms with Crippen LogP contribution in [0, 0.1) is 0 Å². The number of nitrogens with one attached hydrogen (secondary N) is 1. The zero-order valence-corrected chi connectivity index (χ0v) is 12.4. The molecule has 6 nitrogen and oxygen atoms in total. The first-order valence-corrected chi connectivity index (χ1v) is 6.70. The summed E-state index contributed by atoms with van der Waals surface area (Å²) in [6, 6.07) is 4.71. The summed E-state index contributed by atoms with van der Waals surface area (Å²) in [5.74, 6) is -0.468. The number of hydrogen-bond donors (Lipinski definition) is 2. The number of halogens is 1. The highest BCUT2D eigenvalue weighted by Crippen LogP contribution is 2.23. The Hall–Kier alpha value is -1.86. The first-order chi connectivity index (χ1) is 9.60. The number of aromatic hydroxyl groups is 1. The molecule has 0 spiro atoms. The third-order valence-electron chi connectivity index (χ3n) is 2.62. The van der Waals surface area contributed by atoms with Gasteiger partial charge in [0.1, 0.15) is 5.75 Å². The molecule has 0 aliphatic heterocycles. The summed E-state index contributed by atoms with van der Waals surface area (Å²) in [4.78, 5) is 12.0. The number of amides is 1. The van der Waals surface area contributed by atoms with Gasteiger partial charge in [0.05, 0.1) is 30.6 Å². The number of methoxy groups -OCH3 is 1. The lowest BCUT2D eigenvalue weighted by molar-refractivity contribution is 0.102. The highest BCUT2D eigenvalue weighted by atomic mass is 79.9. The summed E-state index contributed by atoms with van der Waals surface area (Å²) in [6.07, 6.45) is 3.25. The van der Waals surface area contributed by atoms with Gasteiger partial charge >= 0.3 is 0 Å². The Morgan fingerprint density at radius 1 is 1.55 bits per heavy atom. The minimum atomic E-state index is -0.388. The van der Waals surface area contributed by atoms with Gasteiger partial charge in [-0.3, -0.25) is 9.48 Å². The normalized spacial score (nSPS) is 10.5. The smallest absolute Gasteiger partial charge is 0.259 e. The molecule has 0 aliphatic rings. The Kier molecular flexibility index (Phi) is 4.75. The standard InChI is InChI=1S/C13H14BrN3O3/c1-20-5-4-17-8-10(7-15-17)16-13(19)11-3-2-9(14)6-12(11)18/h2-3,6-8,18H,4-5H2,1H3,(H,16,19). The molecule has 2 rings (SSSR count). The van der Waals surface area contributed by atoms with Crippen LogP contribution in [-0.4, -0.2) is 34.5 Å². The number of ether oxygens (including phenoxy) is 1. The predicted octanol–water partition coefficient (Wildman–Crippen LogP) is 2.25. The van der Waals surface area contributed by atoms with Gasteiger partial charge in [-0.25, -0.2) is 0 Å². The minimum Gasteiger partial charge on any atom is -0.507 e. The molecule has 0 atom stereocenters. The lowest BCUT2D eigenvalue weighted by Gasteiger charge is -2.05. The van der Waals surface area contributed by atoms with E-state index in [0.29, 0.717) is 23.3 Å². The maximum absolute atomic E-state index is 12.0. The number of hydrogen-bond acceptors (Lipinski definition) is 4. The first kappa shape index (κ1) is 14.5. The summed E-state index contributed by atoms with van der Waals surface area (Å²) in [5.41, 5.74) is 0.770. The van der Waals surface area contributed by atoms with E-state index in [1.54, 1.807) is 36.3 Å². The van der Waals surface area contributed by atoms with Crippen molar-refractivity contribution in [2.75, 3.05) is 19.0 Å². The lowest BCUT2D eigenvalue weighted by Crippen LogP contribution is -2.11. The molecule has 20 heavy (non-hydrogen) atoms. The fourth-order valence-electron chi connectivity index (χ4n) is 1.63. The van der Waals surface area contributed by atoms with Crippen LogP contribution in [0.25, 0.3) is 0 Å². The summed E-state index contributed by atoms with van der Waals surface area (Å²) in [5, 5.41) is 16.5. The SMILES string of the molecule is COCCn1cc(NC(=O)c2ccc(Br)cc2O)cn1. The molecule has 1 aromatic heterocycles. The highest BCUT2D eigenvalue weighted by Gasteiger charge is 2.12. The van der Waals surface area contributed by atoms with Crippen LogP contribution in [0.1, 0.15) is 10.4 Å². The molecule has 0 unspecified atom stereocenters. The number of phenolic OH excluding ortho intramolecular Hbond substituents is 1. The number of anilines is 1. The maximum Gasteiger partial charge on any atom is 0.259 e. The number of phenols is 1. The number of carbonyl (C=O) groups is 1. The third-order valence-corrected chi connectivity index (χ3v) is 3.11. The van der Waals surface area contributed by atoms with Gasteiger partial charge in [-0.2, -0.15) is 5.10 Å². The fourth-order valence-corrected chi connectivity index (χ4v) is 1.98. The average Bonchev–Trinajstić information content (AvgIpc) is 2.83. The Morgan fingerprint density at radius 3 is 3.05 bits per heavy atom. The highest BCUT2D eigenvalue weighted by molar-refractivity contribution is 9.10. The number of nitrogens with zero attached hydrogens (tertiary/aromatic N) is 2. The van der Waals surface area contributed by atoms with Crippen LogP contribution >= 0.6 is 15.9 Å². The summed E-state index contributed by atoms with van der Waals surface area (Å²) in [6.45, 7) is 1.15. The van der Waals surface area contributed by atoms with Gasteiger partial charge in [0.2, 0.25) is 0 Å². The quantitative estimate of drug-likeness (QED) is 0.875. The van der Waals surface area contributed by atoms with Crippen molar-refractivity contribution in [1.82, 2.24) is 9.78 Å². The second-order valence-corrected chi connectivity index (χ2v) is 5.02. The van der Waals surface area contributed by atoms with Crippen LogP contribution in [0.4, 0.5) is 5.69 Å². The van der Waals surface area contributed by atoms with Crippen LogP contribution in [0.15, 0.2) is 35.1 Å². The number of carbonyl (C=O) groups excluding carboxylic acids is 1. The molecule has 0 aliphatic carbocycles. The van der Waals surface area contributed by atoms with E-state index in [1.165, 1.54) is 6.07 Å². The molecular weight excluding hydrogens is 326 g/mol. The fraction of sp³-hybridized carbons (Fsp3) is 0.231. The summed E-state index contributed by atoms with van der Waals surface area (Å²) < 4.78 is 7.32. The molecular formula is C13H14BrN3O3. The maximum atomic E-state index is 12.0. The van der Waals surface area contributed by atoms with Crippen molar-refractivity contribution in [2.24, 2.45) is 0 Å². The third kappa shape index (κ3) is 3.58. The Labute approximate surface area is 124 Å². The summed E-state index contributed by atoms with van der Waals surface area (Å²) >= 11 is 3.22. The molecule has 7 heteroatoms. The average molecular weight is 340 g/mol. The van der Waals surface area contributed by atoms with Crippen molar-refractivity contribution in [1.29, 1.82) is 0 Å². The van der Waals surface area contributed by atoms with Crippen LogP contribution < -0.4 is 5.32 Å². The second kappa shape index (κ2) is 6.53. The van der Waals surface area contributed by atoms with Gasteiger partial charge in [-0.05, 0) is 18.2 Å². The molecule has 1 amide bonds. The largest absolute Gasteiger partial charge is 0.507 e. The van der Waals surface area contributed by atoms with E-state index in [0.717, 1.165) is 0 Å². The lowest BCUT2D eigenvalue weighted by atomic mass is 10.2. The summed E-state index contributed by atoms with van der Waals surface area (Å²) in [7, 11) is 1.61. The van der Waals surface area contributed by atoms with Crippen molar-refractivity contribution in [2.45, 2.75) is 6.54 Å². The van der Waals surface area contributed by atoms with Crippen LogP contribution in [0.2, 0.25) is 0 Å². The van der Waals surface area contributed by atoms with Gasteiger partial charge in [-0.15, -0.1) is 0 Å². The molecule has 2 aromatic rings. The van der Waals surface area contributed by atoms with E-state index in [9.17, 15) is 9.90 Å². The van der Waals surface area contributed by atoms with E-state index < -0.39 is 0 Å². The van der Waals surface area contributed by atoms with E-state index in [2.05, 4.69) is 26.3 Å². The van der Waals surface area contributed by atoms with Gasteiger partial charge in [-0.1, -0.05) is 15.9 Å². The van der Waals surface area contributed by atoms with Crippen LogP contribution in [-0.2, 0) is 11.3 Å². The predicted molar refractivity (Wildman–Crippen MR) is 77.9 cm³/mol. The molecule has 1 heterocycles.